The highest BCUT2D eigenvalue weighted by Gasteiger charge is 2.16. The van der Waals surface area contributed by atoms with Crippen molar-refractivity contribution in [3.05, 3.63) is 170 Å². The summed E-state index contributed by atoms with van der Waals surface area (Å²) in [6.45, 7) is 5.99. The number of allylic oxidation sites excluding steroid dienone is 3. The molecule has 0 radical (unpaired) electrons. The molecule has 0 bridgehead atoms. The Labute approximate surface area is 257 Å². The lowest BCUT2D eigenvalue weighted by atomic mass is 9.96. The maximum absolute atomic E-state index is 3.86. The average Bonchev–Trinajstić information content (AvgIpc) is 3.42. The van der Waals surface area contributed by atoms with Gasteiger partial charge < -0.3 is 4.57 Å². The third-order valence-corrected chi connectivity index (χ3v) is 8.86. The summed E-state index contributed by atoms with van der Waals surface area (Å²) < 4.78 is 2.45. The van der Waals surface area contributed by atoms with Gasteiger partial charge in [-0.15, -0.1) is 0 Å². The zero-order chi connectivity index (χ0) is 29.6. The molecule has 0 saturated heterocycles. The van der Waals surface area contributed by atoms with Crippen molar-refractivity contribution in [3.8, 4) is 27.9 Å². The lowest BCUT2D eigenvalue weighted by Gasteiger charge is -2.12. The fraction of sp³-hybridized carbons (Fsp3) is 0.0233. The fourth-order valence-corrected chi connectivity index (χ4v) is 6.63. The summed E-state index contributed by atoms with van der Waals surface area (Å²) in [7, 11) is 0. The summed E-state index contributed by atoms with van der Waals surface area (Å²) in [5.74, 6) is 0. The third-order valence-electron chi connectivity index (χ3n) is 8.86. The second-order valence-electron chi connectivity index (χ2n) is 11.5. The van der Waals surface area contributed by atoms with E-state index in [1.165, 1.54) is 76.7 Å². The summed E-state index contributed by atoms with van der Waals surface area (Å²) in [6.07, 6.45) is 3.91. The van der Waals surface area contributed by atoms with Crippen LogP contribution in [-0.4, -0.2) is 4.57 Å². The van der Waals surface area contributed by atoms with Crippen LogP contribution in [0.4, 0.5) is 0 Å². The van der Waals surface area contributed by atoms with Crippen molar-refractivity contribution >= 4 is 48.9 Å². The van der Waals surface area contributed by atoms with Gasteiger partial charge in [0.05, 0.1) is 11.0 Å². The summed E-state index contributed by atoms with van der Waals surface area (Å²) >= 11 is 0. The van der Waals surface area contributed by atoms with Gasteiger partial charge >= 0.3 is 0 Å². The van der Waals surface area contributed by atoms with Gasteiger partial charge in [-0.1, -0.05) is 128 Å². The van der Waals surface area contributed by atoms with Gasteiger partial charge in [0.25, 0.3) is 0 Å². The van der Waals surface area contributed by atoms with Gasteiger partial charge in [-0.2, -0.15) is 0 Å². The Hall–Kier alpha value is -5.66. The molecule has 1 heteroatoms. The highest BCUT2D eigenvalue weighted by molar-refractivity contribution is 6.19. The molecule has 0 aliphatic rings. The highest BCUT2D eigenvalue weighted by atomic mass is 15.0. The van der Waals surface area contributed by atoms with Crippen LogP contribution >= 0.6 is 0 Å². The van der Waals surface area contributed by atoms with Crippen molar-refractivity contribution in [1.82, 2.24) is 4.57 Å². The van der Waals surface area contributed by atoms with Gasteiger partial charge in [-0.3, -0.25) is 0 Å². The van der Waals surface area contributed by atoms with Crippen LogP contribution in [0.3, 0.4) is 0 Å². The van der Waals surface area contributed by atoms with E-state index < -0.39 is 0 Å². The molecule has 0 aliphatic carbocycles. The number of hydrogen-bond acceptors (Lipinski definition) is 0. The first kappa shape index (κ1) is 26.0. The maximum atomic E-state index is 3.86. The fourth-order valence-electron chi connectivity index (χ4n) is 6.63. The van der Waals surface area contributed by atoms with Crippen molar-refractivity contribution in [3.63, 3.8) is 0 Å². The molecule has 0 aliphatic heterocycles. The van der Waals surface area contributed by atoms with E-state index in [1.54, 1.807) is 0 Å². The second-order valence-corrected chi connectivity index (χ2v) is 11.5. The van der Waals surface area contributed by atoms with E-state index in [9.17, 15) is 0 Å². The molecule has 0 atom stereocenters. The maximum Gasteiger partial charge on any atom is 0.0619 e. The molecular formula is C43H31N. The van der Waals surface area contributed by atoms with Crippen LogP contribution in [0.1, 0.15) is 12.5 Å². The molecule has 1 heterocycles. The molecule has 0 spiro atoms. The van der Waals surface area contributed by atoms with E-state index in [0.29, 0.717) is 0 Å². The van der Waals surface area contributed by atoms with Gasteiger partial charge in [0.2, 0.25) is 0 Å². The Morgan fingerprint density at radius 3 is 1.98 bits per heavy atom. The van der Waals surface area contributed by atoms with Gasteiger partial charge in [-0.25, -0.2) is 0 Å². The zero-order valence-corrected chi connectivity index (χ0v) is 24.7. The molecular weight excluding hydrogens is 530 g/mol. The van der Waals surface area contributed by atoms with Crippen molar-refractivity contribution < 1.29 is 0 Å². The van der Waals surface area contributed by atoms with Crippen LogP contribution in [0, 0.1) is 0 Å². The lowest BCUT2D eigenvalue weighted by Crippen LogP contribution is -1.94. The monoisotopic (exact) mass is 561 g/mol. The average molecular weight is 562 g/mol. The SMILES string of the molecule is C=C/C=C(\C)c1cccc(-c2ccc3c(ccc4c5ccc(-c6ccc7ccccc7c6)cc5n(-c5ccccc5)c34)c2)c1. The van der Waals surface area contributed by atoms with Crippen LogP contribution in [0.15, 0.2) is 164 Å². The molecule has 0 N–H and O–H groups in total. The molecule has 0 amide bonds. The molecule has 1 nitrogen and oxygen atoms in total. The Morgan fingerprint density at radius 2 is 1.16 bits per heavy atom. The molecule has 0 unspecified atom stereocenters. The first-order valence-electron chi connectivity index (χ1n) is 15.1. The Morgan fingerprint density at radius 1 is 0.523 bits per heavy atom. The van der Waals surface area contributed by atoms with Crippen LogP contribution < -0.4 is 0 Å². The van der Waals surface area contributed by atoms with E-state index in [0.717, 1.165) is 5.69 Å². The van der Waals surface area contributed by atoms with Gasteiger partial charge in [-0.05, 0) is 92.9 Å². The van der Waals surface area contributed by atoms with Gasteiger partial charge in [0.1, 0.15) is 0 Å². The van der Waals surface area contributed by atoms with Crippen molar-refractivity contribution in [2.45, 2.75) is 6.92 Å². The van der Waals surface area contributed by atoms with E-state index in [-0.39, 0.29) is 0 Å². The van der Waals surface area contributed by atoms with Crippen LogP contribution in [-0.2, 0) is 0 Å². The third kappa shape index (κ3) is 4.33. The van der Waals surface area contributed by atoms with Crippen LogP contribution in [0.2, 0.25) is 0 Å². The van der Waals surface area contributed by atoms with E-state index in [2.05, 4.69) is 170 Å². The highest BCUT2D eigenvalue weighted by Crippen LogP contribution is 2.39. The smallest absolute Gasteiger partial charge is 0.0619 e. The molecule has 8 rings (SSSR count). The number of nitrogens with zero attached hydrogens (tertiary/aromatic N) is 1. The number of hydrogen-bond donors (Lipinski definition) is 0. The number of fused-ring (bicyclic) bond motifs is 6. The standard InChI is InChI=1S/C43H31N/c1-3-10-29(2)31-13-9-14-33(25-31)35-19-22-39-37(27-35)21-24-41-40-23-20-36(34-18-17-30-11-7-8-12-32(30)26-34)28-42(40)44(43(39)41)38-15-5-4-6-16-38/h3-28H,1H2,2H3/b29-10+. The summed E-state index contributed by atoms with van der Waals surface area (Å²) in [5, 5.41) is 7.52. The molecule has 7 aromatic carbocycles. The van der Waals surface area contributed by atoms with E-state index >= 15 is 0 Å². The largest absolute Gasteiger partial charge is 0.309 e. The number of benzene rings is 7. The minimum Gasteiger partial charge on any atom is -0.309 e. The van der Waals surface area contributed by atoms with E-state index in [4.69, 9.17) is 0 Å². The first-order chi connectivity index (χ1) is 21.7. The minimum atomic E-state index is 1.16. The van der Waals surface area contributed by atoms with Crippen molar-refractivity contribution in [1.29, 1.82) is 0 Å². The summed E-state index contributed by atoms with van der Waals surface area (Å²) in [6, 6.07) is 53.2. The first-order valence-corrected chi connectivity index (χ1v) is 15.1. The molecule has 0 saturated carbocycles. The predicted molar refractivity (Wildman–Crippen MR) is 191 cm³/mol. The quantitative estimate of drug-likeness (QED) is 0.184. The number of para-hydroxylation sites is 1. The molecule has 1 aromatic heterocycles. The van der Waals surface area contributed by atoms with Crippen LogP contribution in [0.5, 0.6) is 0 Å². The number of rotatable bonds is 5. The van der Waals surface area contributed by atoms with E-state index in [1.807, 2.05) is 6.08 Å². The molecule has 0 fully saturated rings. The second kappa shape index (κ2) is 10.6. The minimum absolute atomic E-state index is 1.16. The number of aromatic nitrogens is 1. The van der Waals surface area contributed by atoms with Gasteiger partial charge in [0, 0.05) is 21.8 Å². The lowest BCUT2D eigenvalue weighted by molar-refractivity contribution is 1.19. The summed E-state index contributed by atoms with van der Waals surface area (Å²) in [4.78, 5) is 0. The van der Waals surface area contributed by atoms with Crippen LogP contribution in [0.25, 0.3) is 76.9 Å². The molecule has 208 valence electrons. The van der Waals surface area contributed by atoms with Crippen molar-refractivity contribution in [2.75, 3.05) is 0 Å². The molecule has 44 heavy (non-hydrogen) atoms. The normalized spacial score (nSPS) is 12.0. The summed E-state index contributed by atoms with van der Waals surface area (Å²) in [5.41, 5.74) is 10.9. The van der Waals surface area contributed by atoms with Gasteiger partial charge in [0.15, 0.2) is 0 Å². The Bertz CT molecular complexity index is 2400. The molecule has 8 aromatic rings. The zero-order valence-electron chi connectivity index (χ0n) is 24.7. The Balaban J connectivity index is 1.35. The Kier molecular flexibility index (Phi) is 6.24. The van der Waals surface area contributed by atoms with Crippen molar-refractivity contribution in [2.24, 2.45) is 0 Å². The topological polar surface area (TPSA) is 4.93 Å². The predicted octanol–water partition coefficient (Wildman–Crippen LogP) is 12.0.